The molecule has 1 fully saturated rings. The molecule has 0 atom stereocenters. The number of nitrogens with one attached hydrogen (secondary N) is 1. The molecule has 1 aliphatic carbocycles. The molecule has 1 N–H and O–H groups in total. The molecule has 1 saturated carbocycles. The molecule has 36 heavy (non-hydrogen) atoms. The molecule has 8 nitrogen and oxygen atoms in total. The Hall–Kier alpha value is -4.20. The summed E-state index contributed by atoms with van der Waals surface area (Å²) >= 11 is 0. The average molecular weight is 480 g/mol. The van der Waals surface area contributed by atoms with Crippen LogP contribution in [0.5, 0.6) is 0 Å². The van der Waals surface area contributed by atoms with Gasteiger partial charge in [-0.1, -0.05) is 18.9 Å². The fourth-order valence-electron chi connectivity index (χ4n) is 5.75. The summed E-state index contributed by atoms with van der Waals surface area (Å²) in [5.74, 6) is 0. The summed E-state index contributed by atoms with van der Waals surface area (Å²) in [5, 5.41) is 6.80. The van der Waals surface area contributed by atoms with E-state index in [-0.39, 0.29) is 11.7 Å². The van der Waals surface area contributed by atoms with Crippen LogP contribution in [0, 0.1) is 6.92 Å². The quantitative estimate of drug-likeness (QED) is 0.269. The van der Waals surface area contributed by atoms with Crippen molar-refractivity contribution >= 4 is 34.5 Å². The van der Waals surface area contributed by atoms with E-state index < -0.39 is 0 Å². The zero-order valence-electron chi connectivity index (χ0n) is 20.8. The van der Waals surface area contributed by atoms with Gasteiger partial charge in [0.2, 0.25) is 0 Å². The SMILES string of the molecule is C=NN(C)c1ccc(-c2c(-c3ccncc3)[nH]c3ncc4c(c23)n(C2CCCC2)c(=O)n4C)cc1C. The van der Waals surface area contributed by atoms with Gasteiger partial charge in [0.05, 0.1) is 34.0 Å². The van der Waals surface area contributed by atoms with Gasteiger partial charge in [-0.3, -0.25) is 19.1 Å². The van der Waals surface area contributed by atoms with Crippen LogP contribution in [0.15, 0.2) is 58.8 Å². The maximum atomic E-state index is 13.5. The Morgan fingerprint density at radius 2 is 1.89 bits per heavy atom. The number of hydrogen-bond donors (Lipinski definition) is 1. The zero-order chi connectivity index (χ0) is 25.0. The summed E-state index contributed by atoms with van der Waals surface area (Å²) in [6.45, 7) is 5.73. The van der Waals surface area contributed by atoms with Crippen molar-refractivity contribution in [3.63, 3.8) is 0 Å². The Kier molecular flexibility index (Phi) is 5.25. The minimum absolute atomic E-state index is 0.0222. The first kappa shape index (κ1) is 22.3. The molecule has 0 aliphatic heterocycles. The third-order valence-corrected chi connectivity index (χ3v) is 7.58. The second-order valence-corrected chi connectivity index (χ2v) is 9.64. The molecule has 4 heterocycles. The maximum Gasteiger partial charge on any atom is 0.329 e. The Bertz CT molecular complexity index is 1670. The number of imidazole rings is 1. The minimum atomic E-state index is 0.0222. The highest BCUT2D eigenvalue weighted by Gasteiger charge is 2.27. The number of benzene rings is 1. The van der Waals surface area contributed by atoms with Gasteiger partial charge < -0.3 is 4.98 Å². The van der Waals surface area contributed by atoms with Crippen LogP contribution in [-0.2, 0) is 7.05 Å². The van der Waals surface area contributed by atoms with Crippen molar-refractivity contribution in [1.82, 2.24) is 24.1 Å². The monoisotopic (exact) mass is 479 g/mol. The average Bonchev–Trinajstić information content (AvgIpc) is 3.61. The largest absolute Gasteiger partial charge is 0.339 e. The van der Waals surface area contributed by atoms with Gasteiger partial charge in [0.1, 0.15) is 5.65 Å². The fourth-order valence-corrected chi connectivity index (χ4v) is 5.75. The van der Waals surface area contributed by atoms with Crippen LogP contribution in [-0.4, -0.2) is 37.9 Å². The smallest absolute Gasteiger partial charge is 0.329 e. The lowest BCUT2D eigenvalue weighted by Crippen LogP contribution is -2.24. The highest BCUT2D eigenvalue weighted by molar-refractivity contribution is 6.14. The molecule has 1 aromatic carbocycles. The van der Waals surface area contributed by atoms with E-state index in [0.29, 0.717) is 0 Å². The molecule has 0 radical (unpaired) electrons. The van der Waals surface area contributed by atoms with Gasteiger partial charge in [-0.25, -0.2) is 9.78 Å². The number of anilines is 1. The summed E-state index contributed by atoms with van der Waals surface area (Å²) < 4.78 is 3.76. The second-order valence-electron chi connectivity index (χ2n) is 9.64. The van der Waals surface area contributed by atoms with Gasteiger partial charge in [-0.05, 0) is 55.2 Å². The fraction of sp³-hybridized carbons (Fsp3) is 0.286. The minimum Gasteiger partial charge on any atom is -0.339 e. The molecular weight excluding hydrogens is 450 g/mol. The third-order valence-electron chi connectivity index (χ3n) is 7.58. The number of H-pyrrole nitrogens is 1. The van der Waals surface area contributed by atoms with Gasteiger partial charge >= 0.3 is 5.69 Å². The van der Waals surface area contributed by atoms with Crippen LogP contribution in [0.2, 0.25) is 0 Å². The van der Waals surface area contributed by atoms with Gasteiger partial charge in [-0.15, -0.1) is 0 Å². The number of rotatable bonds is 5. The number of pyridine rings is 2. The molecule has 0 unspecified atom stereocenters. The number of aryl methyl sites for hydroxylation is 2. The maximum absolute atomic E-state index is 13.5. The van der Waals surface area contributed by atoms with Crippen molar-refractivity contribution < 1.29 is 0 Å². The predicted molar refractivity (Wildman–Crippen MR) is 146 cm³/mol. The molecule has 1 aliphatic rings. The Balaban J connectivity index is 1.74. The summed E-state index contributed by atoms with van der Waals surface area (Å²) in [6.07, 6.45) is 9.75. The van der Waals surface area contributed by atoms with Crippen molar-refractivity contribution in [2.75, 3.05) is 12.1 Å². The van der Waals surface area contributed by atoms with Crippen molar-refractivity contribution in [3.8, 4) is 22.4 Å². The van der Waals surface area contributed by atoms with Crippen LogP contribution in [0.25, 0.3) is 44.5 Å². The first-order chi connectivity index (χ1) is 17.5. The van der Waals surface area contributed by atoms with Gasteiger partial charge in [0, 0.05) is 50.4 Å². The van der Waals surface area contributed by atoms with E-state index in [1.807, 2.05) is 37.0 Å². The van der Waals surface area contributed by atoms with Crippen molar-refractivity contribution in [1.29, 1.82) is 0 Å². The Morgan fingerprint density at radius 3 is 2.58 bits per heavy atom. The summed E-state index contributed by atoms with van der Waals surface area (Å²) in [4.78, 5) is 26.1. The number of fused-ring (bicyclic) bond motifs is 3. The summed E-state index contributed by atoms with van der Waals surface area (Å²) in [7, 11) is 3.73. The standard InChI is InChI=1S/C28H29N7O/c1-17-15-19(9-10-21(17)34(4)29-2)23-24-26-22(33(3)28(36)35(26)20-7-5-6-8-20)16-31-27(24)32-25(23)18-11-13-30-14-12-18/h9-16,20H,2,5-8H2,1,3-4H3,(H,31,32). The van der Waals surface area contributed by atoms with Gasteiger partial charge in [-0.2, -0.15) is 5.10 Å². The van der Waals surface area contributed by atoms with Crippen molar-refractivity contribution in [2.24, 2.45) is 12.1 Å². The highest BCUT2D eigenvalue weighted by atomic mass is 16.1. The summed E-state index contributed by atoms with van der Waals surface area (Å²) in [6, 6.07) is 10.5. The molecular formula is C28H29N7O. The van der Waals surface area contributed by atoms with E-state index in [1.54, 1.807) is 22.0 Å². The predicted octanol–water partition coefficient (Wildman–Crippen LogP) is 5.42. The molecule has 0 amide bonds. The van der Waals surface area contributed by atoms with Crippen LogP contribution < -0.4 is 10.7 Å². The van der Waals surface area contributed by atoms with Gasteiger partial charge in [0.15, 0.2) is 0 Å². The van der Waals surface area contributed by atoms with Crippen LogP contribution in [0.4, 0.5) is 5.69 Å². The lowest BCUT2D eigenvalue weighted by Gasteiger charge is -2.17. The molecule has 0 saturated heterocycles. The first-order valence-electron chi connectivity index (χ1n) is 12.3. The van der Waals surface area contributed by atoms with E-state index in [1.165, 1.54) is 0 Å². The lowest BCUT2D eigenvalue weighted by atomic mass is 9.96. The van der Waals surface area contributed by atoms with Crippen molar-refractivity contribution in [2.45, 2.75) is 38.6 Å². The lowest BCUT2D eigenvalue weighted by molar-refractivity contribution is 0.510. The zero-order valence-corrected chi connectivity index (χ0v) is 20.8. The second kappa shape index (κ2) is 8.48. The number of hydrogen-bond acceptors (Lipinski definition) is 5. The van der Waals surface area contributed by atoms with E-state index in [2.05, 4.69) is 46.9 Å². The molecule has 6 rings (SSSR count). The molecule has 5 aromatic rings. The van der Waals surface area contributed by atoms with E-state index in [4.69, 9.17) is 4.98 Å². The third kappa shape index (κ3) is 3.28. The van der Waals surface area contributed by atoms with Crippen molar-refractivity contribution in [3.05, 3.63) is 65.0 Å². The Morgan fingerprint density at radius 1 is 1.14 bits per heavy atom. The van der Waals surface area contributed by atoms with Crippen LogP contribution in [0.1, 0.15) is 37.3 Å². The first-order valence-corrected chi connectivity index (χ1v) is 12.3. The molecule has 0 spiro atoms. The summed E-state index contributed by atoms with van der Waals surface area (Å²) in [5.41, 5.74) is 8.74. The number of aromatic amines is 1. The molecule has 8 heteroatoms. The van der Waals surface area contributed by atoms with E-state index >= 15 is 0 Å². The van der Waals surface area contributed by atoms with E-state index in [9.17, 15) is 4.79 Å². The number of nitrogens with zero attached hydrogens (tertiary/aromatic N) is 6. The van der Waals surface area contributed by atoms with Crippen LogP contribution in [0.3, 0.4) is 0 Å². The van der Waals surface area contributed by atoms with E-state index in [0.717, 1.165) is 81.4 Å². The normalized spacial score (nSPS) is 14.2. The molecule has 0 bridgehead atoms. The number of aromatic nitrogens is 5. The topological polar surface area (TPSA) is 84.1 Å². The van der Waals surface area contributed by atoms with Crippen LogP contribution >= 0.6 is 0 Å². The highest BCUT2D eigenvalue weighted by Crippen LogP contribution is 2.43. The Labute approximate surface area is 208 Å². The molecule has 4 aromatic heterocycles. The number of hydrazone groups is 1. The van der Waals surface area contributed by atoms with Gasteiger partial charge in [0.25, 0.3) is 0 Å². The molecule has 182 valence electrons.